The number of primary amides is 3. The Balaban J connectivity index is 0.000000385. The number of methoxy groups -OCH3 is 2. The topological polar surface area (TPSA) is 326 Å². The van der Waals surface area contributed by atoms with Gasteiger partial charge in [-0.1, -0.05) is 46.3 Å². The Bertz CT molecular complexity index is 3620. The van der Waals surface area contributed by atoms with Crippen molar-refractivity contribution < 1.29 is 95.7 Å². The Morgan fingerprint density at radius 1 is 0.526 bits per heavy atom. The van der Waals surface area contributed by atoms with Gasteiger partial charge in [-0.2, -0.15) is 0 Å². The molecule has 3 heterocycles. The maximum Gasteiger partial charge on any atom is 0.306 e. The number of phenols is 1. The Kier molecular flexibility index (Phi) is 28.0. The van der Waals surface area contributed by atoms with Gasteiger partial charge in [0, 0.05) is 65.1 Å². The summed E-state index contributed by atoms with van der Waals surface area (Å²) in [5.41, 5.74) is 16.7. The van der Waals surface area contributed by atoms with Gasteiger partial charge in [-0.25, -0.2) is 8.78 Å². The number of carbonyl (C=O) groups is 9. The van der Waals surface area contributed by atoms with E-state index in [2.05, 4.69) is 7.85 Å². The SMILES string of the molecule is CC.[2H]C.[2H]C(CCC(=O)OC(C)(C)C)(C(N)=O)N1Cc2c(O)cccc2C1=O.[2H][C@@](CCC(=O)OC(C)(C)C)(C(N)=O)N1Cc2c(OCc3cc(OC)ccc3F)cccc2C1=O.[2H][C@](CCC(=O)OC(C)(C)C)(C(N)=O)N1Cc2c(OCc3cc(OC)ccc3F)cccc2C1=O.[B]C. The summed E-state index contributed by atoms with van der Waals surface area (Å²) < 4.78 is 97.5. The van der Waals surface area contributed by atoms with E-state index >= 15 is 0 Å². The second kappa shape index (κ2) is 36.4. The highest BCUT2D eigenvalue weighted by Gasteiger charge is 2.41. The van der Waals surface area contributed by atoms with Crippen LogP contribution in [0.25, 0.3) is 0 Å². The van der Waals surface area contributed by atoms with Crippen LogP contribution in [0.15, 0.2) is 91.0 Å². The molecule has 97 heavy (non-hydrogen) atoms. The lowest BCUT2D eigenvalue weighted by atomic mass is 10.1. The summed E-state index contributed by atoms with van der Waals surface area (Å²) in [7, 11) is 8.69. The minimum absolute atomic E-state index is 0.0905. The number of aromatic hydroxyl groups is 1. The van der Waals surface area contributed by atoms with Crippen molar-refractivity contribution in [1.82, 2.24) is 14.7 Å². The van der Waals surface area contributed by atoms with Crippen LogP contribution in [-0.2, 0) is 75.8 Å². The molecule has 23 nitrogen and oxygen atoms in total. The zero-order valence-corrected chi connectivity index (χ0v) is 57.8. The van der Waals surface area contributed by atoms with Crippen molar-refractivity contribution in [2.75, 3.05) is 14.2 Å². The Morgan fingerprint density at radius 3 is 1.09 bits per heavy atom. The van der Waals surface area contributed by atoms with Crippen LogP contribution < -0.4 is 36.1 Å². The predicted molar refractivity (Wildman–Crippen MR) is 359 cm³/mol. The fourth-order valence-electron chi connectivity index (χ4n) is 9.75. The fourth-order valence-corrected chi connectivity index (χ4v) is 9.75. The molecule has 3 aliphatic heterocycles. The Labute approximate surface area is 573 Å². The number of benzene rings is 5. The third-order valence-corrected chi connectivity index (χ3v) is 13.9. The van der Waals surface area contributed by atoms with E-state index < -0.39 is 99.8 Å². The molecule has 1 unspecified atom stereocenters. The molecule has 0 saturated carbocycles. The van der Waals surface area contributed by atoms with Gasteiger partial charge in [0.25, 0.3) is 17.7 Å². The molecule has 5 aromatic carbocycles. The maximum absolute atomic E-state index is 14.2. The highest BCUT2D eigenvalue weighted by molar-refractivity contribution is 6.05. The number of hydrogen-bond acceptors (Lipinski definition) is 17. The van der Waals surface area contributed by atoms with Crippen LogP contribution in [0.4, 0.5) is 8.78 Å². The number of halogens is 2. The Hall–Kier alpha value is -9.75. The third-order valence-electron chi connectivity index (χ3n) is 13.9. The van der Waals surface area contributed by atoms with E-state index in [0.29, 0.717) is 39.7 Å². The smallest absolute Gasteiger partial charge is 0.306 e. The zero-order chi connectivity index (χ0) is 76.9. The number of ether oxygens (including phenoxy) is 7. The van der Waals surface area contributed by atoms with Gasteiger partial charge in [0.2, 0.25) is 17.7 Å². The fraction of sp³-hybridized carbons (Fsp3) is 0.451. The summed E-state index contributed by atoms with van der Waals surface area (Å²) in [4.78, 5) is 115. The van der Waals surface area contributed by atoms with Gasteiger partial charge in [0.1, 0.15) is 88.5 Å². The quantitative estimate of drug-likeness (QED) is 0.0268. The van der Waals surface area contributed by atoms with Crippen molar-refractivity contribution in [2.45, 2.75) is 197 Å². The molecule has 8 rings (SSSR count). The lowest BCUT2D eigenvalue weighted by Gasteiger charge is -2.26. The molecule has 5 aromatic rings. The van der Waals surface area contributed by atoms with E-state index in [4.69, 9.17) is 55.8 Å². The second-order valence-electron chi connectivity index (χ2n) is 24.2. The van der Waals surface area contributed by atoms with E-state index in [9.17, 15) is 57.0 Å². The highest BCUT2D eigenvalue weighted by Crippen LogP contribution is 2.37. The van der Waals surface area contributed by atoms with Crippen molar-refractivity contribution in [3.05, 3.63) is 147 Å². The molecule has 0 bridgehead atoms. The number of hydrogen-bond donors (Lipinski definition) is 4. The van der Waals surface area contributed by atoms with Gasteiger partial charge in [0.15, 0.2) is 0 Å². The minimum atomic E-state index is -2.18. The summed E-state index contributed by atoms with van der Waals surface area (Å²) in [5.74, 6) is -6.23. The van der Waals surface area contributed by atoms with E-state index in [-0.39, 0.29) is 105 Å². The monoisotopic (exact) mass is 1350 g/mol. The summed E-state index contributed by atoms with van der Waals surface area (Å²) in [5, 5.41) is 9.89. The molecule has 0 aliphatic carbocycles. The van der Waals surface area contributed by atoms with Crippen molar-refractivity contribution in [3.63, 3.8) is 0 Å². The molecular weight excluding hydrogens is 1260 g/mol. The van der Waals surface area contributed by atoms with Crippen molar-refractivity contribution in [2.24, 2.45) is 17.2 Å². The molecule has 6 amide bonds. The van der Waals surface area contributed by atoms with Crippen LogP contribution in [0, 0.1) is 11.6 Å². The molecule has 0 saturated heterocycles. The normalized spacial score (nSPS) is 15.1. The average Bonchev–Trinajstić information content (AvgIpc) is 1.63. The van der Waals surface area contributed by atoms with Gasteiger partial charge in [0.05, 0.1) is 45.8 Å². The molecule has 3 aliphatic rings. The molecule has 0 aromatic heterocycles. The Morgan fingerprint density at radius 2 is 0.814 bits per heavy atom. The predicted octanol–water partition coefficient (Wildman–Crippen LogP) is 9.88. The number of amides is 6. The number of fused-ring (bicyclic) bond motifs is 3. The second-order valence-corrected chi connectivity index (χ2v) is 24.2. The average molecular weight is 1360 g/mol. The standard InChI is InChI=1S/2C25H29FN2O6.C17H22N2O5.C2H6.CH3B.CH4/c2*1-25(2,3)34-22(29)11-10-20(23(27)30)28-13-18-17(24(28)31)6-5-7-21(18)33-14-15-12-16(32-4)8-9-19(15)26;1-17(2,3)24-14(21)8-7-12(15(18)22)19-9-11-10(16(19)23)5-4-6-13(11)20;2*1-2;/h2*5-9,12,20H,10-11,13-14H2,1-4H3,(H2,27,30);4-6,12,20H,7-9H2,1-3H3,(H2,18,22);1-2H3;1H3;1H4/t2*20-;;;;/m10..../s1/i2*20D;12D;;;1D. The first-order valence-electron chi connectivity index (χ1n) is 33.2. The van der Waals surface area contributed by atoms with Crippen molar-refractivity contribution in [1.29, 1.82) is 0 Å². The number of nitrogens with two attached hydrogens (primary N) is 3. The number of nitrogens with zero attached hydrogens (tertiary/aromatic N) is 3. The van der Waals surface area contributed by atoms with Gasteiger partial charge < -0.3 is 70.2 Å². The van der Waals surface area contributed by atoms with Crippen LogP contribution >= 0.6 is 0 Å². The van der Waals surface area contributed by atoms with Crippen LogP contribution in [-0.4, -0.2) is 130 Å². The lowest BCUT2D eigenvalue weighted by molar-refractivity contribution is -0.156. The van der Waals surface area contributed by atoms with E-state index in [1.807, 2.05) is 13.8 Å². The molecule has 2 radical (unpaired) electrons. The molecule has 3 atom stereocenters. The summed E-state index contributed by atoms with van der Waals surface area (Å²) in [6.07, 6.45) is -1.75. The molecule has 7 N–H and O–H groups in total. The maximum atomic E-state index is 14.2. The molecule has 0 spiro atoms. The van der Waals surface area contributed by atoms with Crippen molar-refractivity contribution >= 4 is 61.2 Å². The van der Waals surface area contributed by atoms with Gasteiger partial charge >= 0.3 is 17.9 Å². The van der Waals surface area contributed by atoms with Crippen LogP contribution in [0.2, 0.25) is 6.82 Å². The van der Waals surface area contributed by atoms with Crippen molar-refractivity contribution in [3.8, 4) is 28.7 Å². The van der Waals surface area contributed by atoms with Crippen LogP contribution in [0.3, 0.4) is 0 Å². The number of rotatable bonds is 23. The van der Waals surface area contributed by atoms with Gasteiger partial charge in [-0.3, -0.25) is 43.2 Å². The van der Waals surface area contributed by atoms with E-state index in [1.54, 1.807) is 98.7 Å². The molecule has 526 valence electrons. The summed E-state index contributed by atoms with van der Waals surface area (Å²) >= 11 is 0. The molecular formula is C71H93BF2N6O17. The number of esters is 3. The lowest BCUT2D eigenvalue weighted by Crippen LogP contribution is -2.45. The third kappa shape index (κ3) is 23.3. The number of phenolic OH excluding ortho intramolecular Hbond substituents is 1. The first-order valence-corrected chi connectivity index (χ1v) is 30.7. The number of carbonyl (C=O) groups excluding carboxylic acids is 9. The zero-order valence-electron chi connectivity index (χ0n) is 61.8. The molecule has 0 fully saturated rings. The van der Waals surface area contributed by atoms with Crippen LogP contribution in [0.5, 0.6) is 28.7 Å². The van der Waals surface area contributed by atoms with E-state index in [1.165, 1.54) is 83.0 Å². The highest BCUT2D eigenvalue weighted by atomic mass is 19.1. The summed E-state index contributed by atoms with van der Waals surface area (Å²) in [6.45, 7) is 20.2. The first-order chi connectivity index (χ1) is 47.2. The first kappa shape index (κ1) is 74.6. The van der Waals surface area contributed by atoms with E-state index in [0.717, 1.165) is 14.7 Å². The molecule has 26 heteroatoms. The van der Waals surface area contributed by atoms with Gasteiger partial charge in [-0.05, 0) is 154 Å². The minimum Gasteiger partial charge on any atom is -0.508 e. The van der Waals surface area contributed by atoms with Crippen LogP contribution in [0.1, 0.15) is 186 Å². The summed E-state index contributed by atoms with van der Waals surface area (Å²) in [6, 6.07) is 16.0. The largest absolute Gasteiger partial charge is 0.508 e. The van der Waals surface area contributed by atoms with Gasteiger partial charge in [-0.15, -0.1) is 0 Å².